The zero-order valence-corrected chi connectivity index (χ0v) is 35.4. The molecule has 4 heterocycles. The Morgan fingerprint density at radius 2 is 1.16 bits per heavy atom. The van der Waals surface area contributed by atoms with Crippen molar-refractivity contribution in [2.45, 2.75) is 45.4 Å². The van der Waals surface area contributed by atoms with Crippen LogP contribution in [0.4, 0.5) is 0 Å². The fourth-order valence-electron chi connectivity index (χ4n) is 10.5. The highest BCUT2D eigenvalue weighted by Gasteiger charge is 2.43. The maximum Gasteiger partial charge on any atom is 0.149 e. The molecule has 0 amide bonds. The van der Waals surface area contributed by atoms with Gasteiger partial charge in [0.05, 0.1) is 44.7 Å². The molecule has 0 atom stereocenters. The van der Waals surface area contributed by atoms with Crippen LogP contribution in [-0.2, 0) is 10.8 Å². The van der Waals surface area contributed by atoms with E-state index in [2.05, 4.69) is 189 Å². The van der Waals surface area contributed by atoms with Crippen molar-refractivity contribution in [2.75, 3.05) is 0 Å². The first-order chi connectivity index (χ1) is 30.1. The first kappa shape index (κ1) is 36.4. The molecular formula is C57H44N4O. The van der Waals surface area contributed by atoms with Crippen LogP contribution >= 0.6 is 0 Å². The summed E-state index contributed by atoms with van der Waals surface area (Å²) in [7, 11) is 0. The highest BCUT2D eigenvalue weighted by atomic mass is 16.3. The zero-order chi connectivity index (χ0) is 42.1. The number of phenols is 1. The zero-order valence-electron chi connectivity index (χ0n) is 35.4. The summed E-state index contributed by atoms with van der Waals surface area (Å²) in [6.07, 6.45) is 0. The highest BCUT2D eigenvalue weighted by molar-refractivity contribution is 6.20. The van der Waals surface area contributed by atoms with Gasteiger partial charge in [-0.3, -0.25) is 4.57 Å². The normalized spacial score (nSPS) is 13.4. The summed E-state index contributed by atoms with van der Waals surface area (Å²) in [5.41, 5.74) is 18.1. The fourth-order valence-corrected chi connectivity index (χ4v) is 10.5. The number of hydrogen-bond acceptors (Lipinski definition) is 3. The van der Waals surface area contributed by atoms with E-state index in [1.165, 1.54) is 55.1 Å². The Bertz CT molecular complexity index is 3600. The third-order valence-electron chi connectivity index (χ3n) is 13.3. The molecule has 62 heavy (non-hydrogen) atoms. The Kier molecular flexibility index (Phi) is 7.62. The molecule has 4 aromatic heterocycles. The summed E-state index contributed by atoms with van der Waals surface area (Å²) >= 11 is 0. The number of phenolic OH excluding ortho intramolecular Hbond substituents is 1. The lowest BCUT2D eigenvalue weighted by atomic mass is 9.81. The second-order valence-electron chi connectivity index (χ2n) is 18.3. The minimum absolute atomic E-state index is 0.0542. The van der Waals surface area contributed by atoms with E-state index in [1.807, 2.05) is 18.2 Å². The van der Waals surface area contributed by atoms with Gasteiger partial charge in [-0.1, -0.05) is 156 Å². The molecule has 0 bridgehead atoms. The van der Waals surface area contributed by atoms with Gasteiger partial charge in [-0.05, 0) is 76.2 Å². The van der Waals surface area contributed by atoms with Crippen LogP contribution in [0, 0.1) is 0 Å². The van der Waals surface area contributed by atoms with E-state index in [-0.39, 0.29) is 16.6 Å². The lowest BCUT2D eigenvalue weighted by Gasteiger charge is -2.25. The van der Waals surface area contributed by atoms with Crippen LogP contribution in [0.2, 0.25) is 0 Å². The molecule has 7 aromatic carbocycles. The summed E-state index contributed by atoms with van der Waals surface area (Å²) in [6, 6.07) is 59.8. The third-order valence-corrected chi connectivity index (χ3v) is 13.3. The van der Waals surface area contributed by atoms with Gasteiger partial charge in [0.25, 0.3) is 0 Å². The Morgan fingerprint density at radius 3 is 1.98 bits per heavy atom. The standard InChI is InChI=1S/C57H44N4O/c1-56(2,3)35-31-32-47(43(33-35)34-17-7-6-8-18-34)60-48-29-15-23-39(52(48)59-55(60)40-20-10-12-30-49(40)62)45-27-16-26-44(58-45)38-22-14-24-41-50-42-25-13-21-37-36-19-9-11-28-46(36)61(53(37)42)54(50)57(4,5)51(38)41/h6-33,62H,1-5H3. The number of imidazole rings is 1. The van der Waals surface area contributed by atoms with Gasteiger partial charge in [0.15, 0.2) is 0 Å². The van der Waals surface area contributed by atoms with Crippen LogP contribution in [0.25, 0.3) is 100 Å². The lowest BCUT2D eigenvalue weighted by molar-refractivity contribution is 0.477. The minimum Gasteiger partial charge on any atom is -0.507 e. The average molecular weight is 801 g/mol. The van der Waals surface area contributed by atoms with Crippen molar-refractivity contribution >= 4 is 38.2 Å². The van der Waals surface area contributed by atoms with Crippen LogP contribution in [0.1, 0.15) is 51.4 Å². The van der Waals surface area contributed by atoms with Crippen molar-refractivity contribution < 1.29 is 5.11 Å². The predicted octanol–water partition coefficient (Wildman–Crippen LogP) is 14.4. The topological polar surface area (TPSA) is 55.3 Å². The summed E-state index contributed by atoms with van der Waals surface area (Å²) in [4.78, 5) is 10.9. The molecule has 0 aliphatic heterocycles. The van der Waals surface area contributed by atoms with Crippen LogP contribution in [0.15, 0.2) is 170 Å². The van der Waals surface area contributed by atoms with Gasteiger partial charge < -0.3 is 9.51 Å². The van der Waals surface area contributed by atoms with Crippen molar-refractivity contribution in [2.24, 2.45) is 0 Å². The van der Waals surface area contributed by atoms with Gasteiger partial charge in [-0.25, -0.2) is 9.97 Å². The van der Waals surface area contributed by atoms with Crippen molar-refractivity contribution in [3.8, 4) is 67.6 Å². The molecule has 5 nitrogen and oxygen atoms in total. The van der Waals surface area contributed by atoms with Gasteiger partial charge in [0.2, 0.25) is 0 Å². The molecule has 12 rings (SSSR count). The quantitative estimate of drug-likeness (QED) is 0.189. The number of fused-ring (bicyclic) bond motifs is 9. The van der Waals surface area contributed by atoms with E-state index >= 15 is 0 Å². The Hall–Kier alpha value is -7.50. The summed E-state index contributed by atoms with van der Waals surface area (Å²) in [6.45, 7) is 11.5. The van der Waals surface area contributed by atoms with E-state index in [9.17, 15) is 5.11 Å². The Labute approximate surface area is 360 Å². The van der Waals surface area contributed by atoms with E-state index in [0.717, 1.165) is 50.4 Å². The molecule has 5 heteroatoms. The maximum atomic E-state index is 11.4. The second kappa shape index (κ2) is 13.0. The van der Waals surface area contributed by atoms with Gasteiger partial charge in [-0.15, -0.1) is 0 Å². The van der Waals surface area contributed by atoms with Crippen molar-refractivity contribution in [3.05, 3.63) is 187 Å². The molecule has 0 fully saturated rings. The smallest absolute Gasteiger partial charge is 0.149 e. The van der Waals surface area contributed by atoms with Gasteiger partial charge in [-0.2, -0.15) is 0 Å². The number of rotatable bonds is 5. The number of benzene rings is 7. The SMILES string of the molecule is CC(C)(C)c1ccc(-n2c(-c3ccccc3O)nc3c(-c4cccc(-c5cccc6c5C(C)(C)c5c-6c6cccc7c8ccccc8n5c67)n4)cccc32)c(-c2ccccc2)c1. The predicted molar refractivity (Wildman–Crippen MR) is 256 cm³/mol. The minimum atomic E-state index is -0.308. The number of para-hydroxylation sites is 4. The molecule has 0 spiro atoms. The molecule has 1 aliphatic rings. The number of aromatic nitrogens is 4. The number of pyridine rings is 1. The molecule has 1 N–H and O–H groups in total. The van der Waals surface area contributed by atoms with E-state index in [4.69, 9.17) is 9.97 Å². The van der Waals surface area contributed by atoms with Crippen LogP contribution < -0.4 is 0 Å². The number of hydrogen-bond donors (Lipinski definition) is 1. The van der Waals surface area contributed by atoms with E-state index < -0.39 is 0 Å². The molecule has 0 unspecified atom stereocenters. The number of nitrogens with zero attached hydrogens (tertiary/aromatic N) is 4. The molecule has 298 valence electrons. The maximum absolute atomic E-state index is 11.4. The van der Waals surface area contributed by atoms with Crippen molar-refractivity contribution in [1.29, 1.82) is 0 Å². The van der Waals surface area contributed by atoms with Gasteiger partial charge >= 0.3 is 0 Å². The molecule has 0 saturated heterocycles. The summed E-state index contributed by atoms with van der Waals surface area (Å²) < 4.78 is 4.74. The monoisotopic (exact) mass is 800 g/mol. The van der Waals surface area contributed by atoms with Crippen LogP contribution in [-0.4, -0.2) is 24.0 Å². The van der Waals surface area contributed by atoms with Crippen molar-refractivity contribution in [1.82, 2.24) is 18.9 Å². The fraction of sp³-hybridized carbons (Fsp3) is 0.123. The van der Waals surface area contributed by atoms with Crippen LogP contribution in [0.5, 0.6) is 5.75 Å². The Morgan fingerprint density at radius 1 is 0.532 bits per heavy atom. The Balaban J connectivity index is 1.06. The molecular weight excluding hydrogens is 757 g/mol. The third kappa shape index (κ3) is 5.08. The first-order valence-electron chi connectivity index (χ1n) is 21.5. The summed E-state index contributed by atoms with van der Waals surface area (Å²) in [5.74, 6) is 0.841. The van der Waals surface area contributed by atoms with Crippen LogP contribution in [0.3, 0.4) is 0 Å². The number of aromatic hydroxyl groups is 1. The van der Waals surface area contributed by atoms with Gasteiger partial charge in [0, 0.05) is 49.5 Å². The molecule has 11 aromatic rings. The molecule has 1 aliphatic carbocycles. The van der Waals surface area contributed by atoms with E-state index in [0.29, 0.717) is 11.4 Å². The van der Waals surface area contributed by atoms with Gasteiger partial charge in [0.1, 0.15) is 11.6 Å². The van der Waals surface area contributed by atoms with Crippen molar-refractivity contribution in [3.63, 3.8) is 0 Å². The lowest BCUT2D eigenvalue weighted by Crippen LogP contribution is -2.19. The average Bonchev–Trinajstić information content (AvgIpc) is 4.01. The molecule has 0 saturated carbocycles. The summed E-state index contributed by atoms with van der Waals surface area (Å²) in [5, 5.41) is 15.3. The first-order valence-corrected chi connectivity index (χ1v) is 21.5. The largest absolute Gasteiger partial charge is 0.507 e. The second-order valence-corrected chi connectivity index (χ2v) is 18.3. The molecule has 0 radical (unpaired) electrons. The highest BCUT2D eigenvalue weighted by Crippen LogP contribution is 2.57. The van der Waals surface area contributed by atoms with E-state index in [1.54, 1.807) is 6.07 Å².